The zero-order valence-electron chi connectivity index (χ0n) is 13.4. The lowest BCUT2D eigenvalue weighted by Gasteiger charge is -2.25. The molecule has 24 heavy (non-hydrogen) atoms. The number of benzene rings is 2. The number of aromatic nitrogens is 2. The van der Waals surface area contributed by atoms with Gasteiger partial charge < -0.3 is 9.64 Å². The maximum atomic E-state index is 14.0. The van der Waals surface area contributed by atoms with Gasteiger partial charge in [0.15, 0.2) is 0 Å². The number of hydrogen-bond acceptors (Lipinski definition) is 4. The van der Waals surface area contributed by atoms with Gasteiger partial charge in [0, 0.05) is 18.0 Å². The molecule has 122 valence electrons. The third kappa shape index (κ3) is 2.77. The third-order valence-corrected chi connectivity index (χ3v) is 4.37. The zero-order valence-corrected chi connectivity index (χ0v) is 13.4. The first-order valence-electron chi connectivity index (χ1n) is 8.05. The fourth-order valence-electron chi connectivity index (χ4n) is 2.96. The number of anilines is 1. The molecule has 0 aliphatic heterocycles. The summed E-state index contributed by atoms with van der Waals surface area (Å²) in [6.45, 7) is 0.733. The average molecular weight is 323 g/mol. The predicted octanol–water partition coefficient (Wildman–Crippen LogP) is 3.95. The Bertz CT molecular complexity index is 862. The van der Waals surface area contributed by atoms with Gasteiger partial charge in [-0.2, -0.15) is 0 Å². The van der Waals surface area contributed by atoms with Crippen LogP contribution in [-0.4, -0.2) is 23.1 Å². The van der Waals surface area contributed by atoms with Gasteiger partial charge in [-0.1, -0.05) is 18.2 Å². The van der Waals surface area contributed by atoms with Gasteiger partial charge in [0.1, 0.15) is 29.2 Å². The third-order valence-electron chi connectivity index (χ3n) is 4.37. The highest BCUT2D eigenvalue weighted by molar-refractivity contribution is 5.89. The molecule has 0 N–H and O–H groups in total. The van der Waals surface area contributed by atoms with Crippen LogP contribution < -0.4 is 9.64 Å². The molecule has 1 heterocycles. The van der Waals surface area contributed by atoms with Crippen molar-refractivity contribution in [2.45, 2.75) is 25.4 Å². The van der Waals surface area contributed by atoms with E-state index in [2.05, 4.69) is 27.0 Å². The van der Waals surface area contributed by atoms with Crippen molar-refractivity contribution >= 4 is 16.7 Å². The van der Waals surface area contributed by atoms with Crippen LogP contribution in [0.5, 0.6) is 5.75 Å². The standard InChI is InChI=1S/C19H18FN3O/c1-24-15-9-5-13(6-10-15)11-23(14-7-8-14)19-16-3-2-4-17(20)18(16)21-12-22-19/h2-6,9-10,12,14H,7-8,11H2,1H3. The number of para-hydroxylation sites is 1. The molecule has 0 amide bonds. The van der Waals surface area contributed by atoms with Crippen molar-refractivity contribution in [1.82, 2.24) is 9.97 Å². The van der Waals surface area contributed by atoms with Crippen molar-refractivity contribution < 1.29 is 9.13 Å². The molecule has 0 radical (unpaired) electrons. The quantitative estimate of drug-likeness (QED) is 0.713. The maximum absolute atomic E-state index is 14.0. The van der Waals surface area contributed by atoms with Gasteiger partial charge >= 0.3 is 0 Å². The highest BCUT2D eigenvalue weighted by Gasteiger charge is 2.31. The van der Waals surface area contributed by atoms with Crippen LogP contribution in [0.1, 0.15) is 18.4 Å². The lowest BCUT2D eigenvalue weighted by molar-refractivity contribution is 0.414. The summed E-state index contributed by atoms with van der Waals surface area (Å²) < 4.78 is 19.2. The second-order valence-electron chi connectivity index (χ2n) is 6.04. The van der Waals surface area contributed by atoms with E-state index in [0.717, 1.165) is 36.3 Å². The van der Waals surface area contributed by atoms with Crippen molar-refractivity contribution in [3.05, 3.63) is 60.2 Å². The summed E-state index contributed by atoms with van der Waals surface area (Å²) in [4.78, 5) is 10.8. The van der Waals surface area contributed by atoms with Gasteiger partial charge in [-0.25, -0.2) is 14.4 Å². The molecular weight excluding hydrogens is 305 g/mol. The van der Waals surface area contributed by atoms with Gasteiger partial charge in [0.2, 0.25) is 0 Å². The number of methoxy groups -OCH3 is 1. The molecule has 1 aromatic heterocycles. The van der Waals surface area contributed by atoms with Crippen LogP contribution in [0.4, 0.5) is 10.2 Å². The molecule has 0 bridgehead atoms. The number of hydrogen-bond donors (Lipinski definition) is 0. The number of ether oxygens (including phenoxy) is 1. The Hall–Kier alpha value is -2.69. The summed E-state index contributed by atoms with van der Waals surface area (Å²) in [5.74, 6) is 1.33. The van der Waals surface area contributed by atoms with Crippen LogP contribution in [0, 0.1) is 5.82 Å². The second-order valence-corrected chi connectivity index (χ2v) is 6.04. The van der Waals surface area contributed by atoms with Gasteiger partial charge in [-0.3, -0.25) is 0 Å². The summed E-state index contributed by atoms with van der Waals surface area (Å²) in [6, 6.07) is 13.5. The number of fused-ring (bicyclic) bond motifs is 1. The van der Waals surface area contributed by atoms with Crippen LogP contribution >= 0.6 is 0 Å². The van der Waals surface area contributed by atoms with Crippen LogP contribution in [0.25, 0.3) is 10.9 Å². The van der Waals surface area contributed by atoms with E-state index in [4.69, 9.17) is 4.74 Å². The fraction of sp³-hybridized carbons (Fsp3) is 0.263. The first kappa shape index (κ1) is 14.9. The van der Waals surface area contributed by atoms with E-state index in [1.54, 1.807) is 13.2 Å². The molecule has 4 rings (SSSR count). The molecule has 0 spiro atoms. The Labute approximate surface area is 139 Å². The van der Waals surface area contributed by atoms with Crippen LogP contribution in [-0.2, 0) is 6.54 Å². The van der Waals surface area contributed by atoms with Crippen LogP contribution in [0.15, 0.2) is 48.8 Å². The van der Waals surface area contributed by atoms with Gasteiger partial charge in [-0.15, -0.1) is 0 Å². The predicted molar refractivity (Wildman–Crippen MR) is 91.7 cm³/mol. The van der Waals surface area contributed by atoms with Crippen LogP contribution in [0.2, 0.25) is 0 Å². The Morgan fingerprint density at radius 1 is 1.12 bits per heavy atom. The minimum atomic E-state index is -0.309. The molecule has 0 unspecified atom stereocenters. The minimum absolute atomic E-state index is 0.309. The van der Waals surface area contributed by atoms with Crippen LogP contribution in [0.3, 0.4) is 0 Å². The maximum Gasteiger partial charge on any atom is 0.149 e. The molecule has 2 aromatic carbocycles. The molecule has 4 nitrogen and oxygen atoms in total. The fourth-order valence-corrected chi connectivity index (χ4v) is 2.96. The Morgan fingerprint density at radius 3 is 2.62 bits per heavy atom. The second kappa shape index (κ2) is 6.07. The van der Waals surface area contributed by atoms with E-state index in [0.29, 0.717) is 11.6 Å². The lowest BCUT2D eigenvalue weighted by Crippen LogP contribution is -2.26. The topological polar surface area (TPSA) is 38.2 Å². The Balaban J connectivity index is 1.72. The summed E-state index contributed by atoms with van der Waals surface area (Å²) in [5, 5.41) is 0.762. The smallest absolute Gasteiger partial charge is 0.149 e. The van der Waals surface area contributed by atoms with E-state index < -0.39 is 0 Å². The Kier molecular flexibility index (Phi) is 3.76. The van der Waals surface area contributed by atoms with Crippen molar-refractivity contribution in [2.24, 2.45) is 0 Å². The molecule has 1 fully saturated rings. The van der Waals surface area contributed by atoms with E-state index in [1.165, 1.54) is 18.0 Å². The molecule has 1 aliphatic rings. The van der Waals surface area contributed by atoms with Crippen molar-refractivity contribution in [3.8, 4) is 5.75 Å². The molecule has 1 saturated carbocycles. The van der Waals surface area contributed by atoms with E-state index in [-0.39, 0.29) is 5.82 Å². The normalized spacial score (nSPS) is 13.9. The molecule has 0 atom stereocenters. The summed E-state index contributed by atoms with van der Waals surface area (Å²) in [6.07, 6.45) is 3.72. The van der Waals surface area contributed by atoms with E-state index in [9.17, 15) is 4.39 Å². The van der Waals surface area contributed by atoms with Crippen molar-refractivity contribution in [2.75, 3.05) is 12.0 Å². The van der Waals surface area contributed by atoms with E-state index >= 15 is 0 Å². The molecule has 0 saturated heterocycles. The highest BCUT2D eigenvalue weighted by Crippen LogP contribution is 2.35. The van der Waals surface area contributed by atoms with Crippen molar-refractivity contribution in [1.29, 1.82) is 0 Å². The monoisotopic (exact) mass is 323 g/mol. The molecule has 1 aliphatic carbocycles. The largest absolute Gasteiger partial charge is 0.497 e. The minimum Gasteiger partial charge on any atom is -0.497 e. The van der Waals surface area contributed by atoms with Crippen molar-refractivity contribution in [3.63, 3.8) is 0 Å². The molecule has 5 heteroatoms. The first-order chi connectivity index (χ1) is 11.8. The number of rotatable bonds is 5. The number of nitrogens with zero attached hydrogens (tertiary/aromatic N) is 3. The summed E-state index contributed by atoms with van der Waals surface area (Å²) >= 11 is 0. The molecular formula is C19H18FN3O. The van der Waals surface area contributed by atoms with Gasteiger partial charge in [0.25, 0.3) is 0 Å². The Morgan fingerprint density at radius 2 is 1.92 bits per heavy atom. The summed E-state index contributed by atoms with van der Waals surface area (Å²) in [7, 11) is 1.66. The van der Waals surface area contributed by atoms with Gasteiger partial charge in [-0.05, 0) is 42.7 Å². The lowest BCUT2D eigenvalue weighted by atomic mass is 10.1. The summed E-state index contributed by atoms with van der Waals surface area (Å²) in [5.41, 5.74) is 1.55. The zero-order chi connectivity index (χ0) is 16.5. The molecule has 3 aromatic rings. The first-order valence-corrected chi connectivity index (χ1v) is 8.05. The van der Waals surface area contributed by atoms with Gasteiger partial charge in [0.05, 0.1) is 7.11 Å². The highest BCUT2D eigenvalue weighted by atomic mass is 19.1. The SMILES string of the molecule is COc1ccc(CN(c2ncnc3c(F)cccc23)C2CC2)cc1. The average Bonchev–Trinajstić information content (AvgIpc) is 3.45. The number of halogens is 1. The van der Waals surface area contributed by atoms with E-state index in [1.807, 2.05) is 18.2 Å².